The van der Waals surface area contributed by atoms with Gasteiger partial charge >= 0.3 is 0 Å². The van der Waals surface area contributed by atoms with E-state index < -0.39 is 0 Å². The molecule has 0 aromatic heterocycles. The fraction of sp³-hybridized carbons (Fsp3) is 1.00. The van der Waals surface area contributed by atoms with Gasteiger partial charge in [-0.15, -0.1) is 11.6 Å². The Morgan fingerprint density at radius 1 is 1.31 bits per heavy atom. The first-order valence-corrected chi connectivity index (χ1v) is 6.18. The molecule has 1 saturated heterocycles. The third kappa shape index (κ3) is 4.33. The molecular weight excluding hydrogens is 182 g/mol. The predicted octanol–water partition coefficient (Wildman–Crippen LogP) is 3.13. The molecule has 0 radical (unpaired) electrons. The van der Waals surface area contributed by atoms with Crippen molar-refractivity contribution in [2.45, 2.75) is 39.0 Å². The molecule has 0 N–H and O–H groups in total. The molecule has 78 valence electrons. The van der Waals surface area contributed by atoms with Crippen LogP contribution in [-0.4, -0.2) is 30.4 Å². The van der Waals surface area contributed by atoms with Gasteiger partial charge in [0.15, 0.2) is 0 Å². The smallest absolute Gasteiger partial charge is 0.0264 e. The number of likely N-dealkylation sites (tertiary alicyclic amines) is 1. The topological polar surface area (TPSA) is 3.24 Å². The molecule has 1 atom stereocenters. The maximum absolute atomic E-state index is 5.83. The maximum atomic E-state index is 5.83. The number of hydrogen-bond acceptors (Lipinski definition) is 1. The van der Waals surface area contributed by atoms with Crippen molar-refractivity contribution >= 4 is 11.6 Å². The van der Waals surface area contributed by atoms with E-state index >= 15 is 0 Å². The van der Waals surface area contributed by atoms with Crippen LogP contribution in [-0.2, 0) is 0 Å². The minimum Gasteiger partial charge on any atom is -0.303 e. The Morgan fingerprint density at radius 3 is 2.77 bits per heavy atom. The zero-order chi connectivity index (χ0) is 9.52. The molecule has 0 amide bonds. The Morgan fingerprint density at radius 2 is 2.15 bits per heavy atom. The molecule has 1 heterocycles. The number of hydrogen-bond donors (Lipinski definition) is 0. The molecule has 1 fully saturated rings. The van der Waals surface area contributed by atoms with E-state index in [9.17, 15) is 0 Å². The molecule has 0 aromatic rings. The van der Waals surface area contributed by atoms with E-state index in [1.54, 1.807) is 0 Å². The van der Waals surface area contributed by atoms with Crippen molar-refractivity contribution in [1.82, 2.24) is 4.90 Å². The van der Waals surface area contributed by atoms with Crippen molar-refractivity contribution in [2.24, 2.45) is 5.92 Å². The molecule has 1 aliphatic rings. The summed E-state index contributed by atoms with van der Waals surface area (Å²) in [5.74, 6) is 1.62. The molecule has 2 heteroatoms. The number of unbranched alkanes of at least 4 members (excludes halogenated alkanes) is 3. The number of rotatable bonds is 6. The van der Waals surface area contributed by atoms with Crippen molar-refractivity contribution in [3.63, 3.8) is 0 Å². The van der Waals surface area contributed by atoms with Gasteiger partial charge < -0.3 is 4.90 Å². The Hall–Kier alpha value is 0.250. The first-order chi connectivity index (χ1) is 6.36. The molecule has 1 rings (SSSR count). The van der Waals surface area contributed by atoms with E-state index in [1.807, 2.05) is 0 Å². The Balaban J connectivity index is 1.97. The van der Waals surface area contributed by atoms with Gasteiger partial charge in [0.05, 0.1) is 0 Å². The molecule has 1 aliphatic heterocycles. The van der Waals surface area contributed by atoms with Crippen LogP contribution in [0.25, 0.3) is 0 Å². The fourth-order valence-corrected chi connectivity index (χ4v) is 2.26. The Bertz CT molecular complexity index is 127. The van der Waals surface area contributed by atoms with E-state index in [0.717, 1.165) is 11.8 Å². The summed E-state index contributed by atoms with van der Waals surface area (Å²) in [5, 5.41) is 0. The normalized spacial score (nSPS) is 24.0. The predicted molar refractivity (Wildman–Crippen MR) is 59.4 cm³/mol. The van der Waals surface area contributed by atoms with Gasteiger partial charge in [0.2, 0.25) is 0 Å². The molecule has 0 aromatic carbocycles. The summed E-state index contributed by atoms with van der Waals surface area (Å²) in [4.78, 5) is 2.57. The van der Waals surface area contributed by atoms with Crippen molar-refractivity contribution in [1.29, 1.82) is 0 Å². The van der Waals surface area contributed by atoms with Crippen LogP contribution in [0, 0.1) is 5.92 Å². The van der Waals surface area contributed by atoms with Gasteiger partial charge in [-0.3, -0.25) is 0 Å². The molecular formula is C11H22ClN. The zero-order valence-corrected chi connectivity index (χ0v) is 9.52. The quantitative estimate of drug-likeness (QED) is 0.474. The molecule has 0 bridgehead atoms. The molecule has 1 unspecified atom stereocenters. The third-order valence-corrected chi connectivity index (χ3v) is 3.35. The lowest BCUT2D eigenvalue weighted by atomic mass is 10.2. The van der Waals surface area contributed by atoms with Gasteiger partial charge in [-0.05, 0) is 31.8 Å². The van der Waals surface area contributed by atoms with Gasteiger partial charge in [-0.2, -0.15) is 0 Å². The summed E-state index contributed by atoms with van der Waals surface area (Å²) in [6, 6.07) is 0. The van der Waals surface area contributed by atoms with E-state index in [0.29, 0.717) is 0 Å². The van der Waals surface area contributed by atoms with E-state index in [2.05, 4.69) is 11.8 Å². The van der Waals surface area contributed by atoms with E-state index in [-0.39, 0.29) is 0 Å². The molecule has 1 nitrogen and oxygen atoms in total. The highest BCUT2D eigenvalue weighted by Crippen LogP contribution is 2.17. The van der Waals surface area contributed by atoms with Crippen LogP contribution in [0.15, 0.2) is 0 Å². The molecule has 0 saturated carbocycles. The second kappa shape index (κ2) is 6.67. The van der Waals surface area contributed by atoms with Crippen LogP contribution in [0.3, 0.4) is 0 Å². The summed E-state index contributed by atoms with van der Waals surface area (Å²) >= 11 is 5.83. The number of alkyl halides is 1. The van der Waals surface area contributed by atoms with Crippen LogP contribution in [0.1, 0.15) is 39.0 Å². The Kier molecular flexibility index (Phi) is 5.81. The highest BCUT2D eigenvalue weighted by Gasteiger charge is 2.20. The summed E-state index contributed by atoms with van der Waals surface area (Å²) in [6.45, 7) is 6.09. The SMILES string of the molecule is CCCCCCN1CCC(CCl)C1. The van der Waals surface area contributed by atoms with Gasteiger partial charge in [0, 0.05) is 12.4 Å². The standard InChI is InChI=1S/C11H22ClN/c1-2-3-4-5-7-13-8-6-11(9-12)10-13/h11H,2-10H2,1H3. The monoisotopic (exact) mass is 203 g/mol. The lowest BCUT2D eigenvalue weighted by Crippen LogP contribution is -2.22. The molecule has 0 aliphatic carbocycles. The van der Waals surface area contributed by atoms with Gasteiger partial charge in [0.25, 0.3) is 0 Å². The summed E-state index contributed by atoms with van der Waals surface area (Å²) in [7, 11) is 0. The van der Waals surface area contributed by atoms with Crippen molar-refractivity contribution in [3.05, 3.63) is 0 Å². The molecule has 0 spiro atoms. The molecule has 13 heavy (non-hydrogen) atoms. The highest BCUT2D eigenvalue weighted by molar-refractivity contribution is 6.18. The fourth-order valence-electron chi connectivity index (χ4n) is 2.00. The first kappa shape index (κ1) is 11.3. The van der Waals surface area contributed by atoms with Crippen LogP contribution < -0.4 is 0 Å². The largest absolute Gasteiger partial charge is 0.303 e. The maximum Gasteiger partial charge on any atom is 0.0264 e. The average Bonchev–Trinajstić information content (AvgIpc) is 2.60. The van der Waals surface area contributed by atoms with Crippen molar-refractivity contribution in [2.75, 3.05) is 25.5 Å². The number of halogens is 1. The summed E-state index contributed by atoms with van der Waals surface area (Å²) in [5.41, 5.74) is 0. The van der Waals surface area contributed by atoms with E-state index in [4.69, 9.17) is 11.6 Å². The lowest BCUT2D eigenvalue weighted by molar-refractivity contribution is 0.319. The minimum atomic E-state index is 0.771. The van der Waals surface area contributed by atoms with Crippen LogP contribution in [0.2, 0.25) is 0 Å². The van der Waals surface area contributed by atoms with Gasteiger partial charge in [-0.1, -0.05) is 26.2 Å². The van der Waals surface area contributed by atoms with Crippen LogP contribution >= 0.6 is 11.6 Å². The second-order valence-corrected chi connectivity index (χ2v) is 4.48. The van der Waals surface area contributed by atoms with Crippen LogP contribution in [0.5, 0.6) is 0 Å². The van der Waals surface area contributed by atoms with Crippen molar-refractivity contribution in [3.8, 4) is 0 Å². The van der Waals surface area contributed by atoms with Gasteiger partial charge in [0.1, 0.15) is 0 Å². The third-order valence-electron chi connectivity index (χ3n) is 2.92. The summed E-state index contributed by atoms with van der Waals surface area (Å²) in [6.07, 6.45) is 6.83. The number of nitrogens with zero attached hydrogens (tertiary/aromatic N) is 1. The zero-order valence-electron chi connectivity index (χ0n) is 8.77. The lowest BCUT2D eigenvalue weighted by Gasteiger charge is -2.14. The van der Waals surface area contributed by atoms with Crippen molar-refractivity contribution < 1.29 is 0 Å². The van der Waals surface area contributed by atoms with Crippen LogP contribution in [0.4, 0.5) is 0 Å². The first-order valence-electron chi connectivity index (χ1n) is 5.65. The minimum absolute atomic E-state index is 0.771. The second-order valence-electron chi connectivity index (χ2n) is 4.17. The average molecular weight is 204 g/mol. The van der Waals surface area contributed by atoms with Gasteiger partial charge in [-0.25, -0.2) is 0 Å². The Labute approximate surface area is 87.4 Å². The highest BCUT2D eigenvalue weighted by atomic mass is 35.5. The van der Waals surface area contributed by atoms with E-state index in [1.165, 1.54) is 51.7 Å². The summed E-state index contributed by atoms with van der Waals surface area (Å²) < 4.78 is 0.